The Kier molecular flexibility index (Phi) is 7.52. The third-order valence-corrected chi connectivity index (χ3v) is 5.74. The number of carbonyl (C=O) groups is 2. The summed E-state index contributed by atoms with van der Waals surface area (Å²) < 4.78 is 29.5. The molecule has 0 saturated heterocycles. The Labute approximate surface area is 211 Å². The third-order valence-electron chi connectivity index (χ3n) is 5.74. The molecule has 2 N–H and O–H groups in total. The number of aryl methyl sites for hydroxylation is 1. The van der Waals surface area contributed by atoms with Gasteiger partial charge >= 0.3 is 5.97 Å². The van der Waals surface area contributed by atoms with Crippen LogP contribution >= 0.6 is 0 Å². The highest BCUT2D eigenvalue weighted by Gasteiger charge is 2.22. The van der Waals surface area contributed by atoms with Crippen LogP contribution < -0.4 is 15.5 Å². The number of carbonyl (C=O) groups excluding carboxylic acids is 2. The summed E-state index contributed by atoms with van der Waals surface area (Å²) in [6, 6.07) is 15.4. The lowest BCUT2D eigenvalue weighted by Crippen LogP contribution is -2.44. The monoisotopic (exact) mass is 505 g/mol. The van der Waals surface area contributed by atoms with Crippen LogP contribution in [0.4, 0.5) is 4.39 Å². The zero-order valence-corrected chi connectivity index (χ0v) is 20.1. The molecule has 0 bridgehead atoms. The van der Waals surface area contributed by atoms with Gasteiger partial charge in [-0.3, -0.25) is 9.59 Å². The fourth-order valence-electron chi connectivity index (χ4n) is 3.91. The molecule has 1 amide bonds. The molecule has 0 aliphatic heterocycles. The first-order valence-corrected chi connectivity index (χ1v) is 11.4. The van der Waals surface area contributed by atoms with Gasteiger partial charge in [-0.15, -0.1) is 0 Å². The summed E-state index contributed by atoms with van der Waals surface area (Å²) >= 11 is 0. The molecule has 0 aliphatic carbocycles. The maximum absolute atomic E-state index is 13.3. The van der Waals surface area contributed by atoms with E-state index in [1.54, 1.807) is 19.1 Å². The molecule has 37 heavy (non-hydrogen) atoms. The van der Waals surface area contributed by atoms with E-state index in [0.717, 1.165) is 0 Å². The number of fused-ring (bicyclic) bond motifs is 1. The van der Waals surface area contributed by atoms with Gasteiger partial charge < -0.3 is 24.3 Å². The van der Waals surface area contributed by atoms with Crippen molar-refractivity contribution in [3.8, 4) is 22.6 Å². The predicted molar refractivity (Wildman–Crippen MR) is 134 cm³/mol. The van der Waals surface area contributed by atoms with Crippen LogP contribution in [0.15, 0.2) is 75.9 Å². The highest BCUT2D eigenvalue weighted by molar-refractivity contribution is 5.86. The van der Waals surface area contributed by atoms with E-state index in [1.807, 2.05) is 0 Å². The average Bonchev–Trinajstić information content (AvgIpc) is 2.88. The van der Waals surface area contributed by atoms with Crippen molar-refractivity contribution >= 4 is 22.8 Å². The van der Waals surface area contributed by atoms with Crippen molar-refractivity contribution in [2.24, 2.45) is 0 Å². The number of esters is 1. The Bertz CT molecular complexity index is 1490. The molecule has 190 valence electrons. The number of nitrogens with one attached hydrogen (secondary N) is 1. The number of hydrogen-bond acceptors (Lipinski definition) is 7. The zero-order chi connectivity index (χ0) is 26.5. The molecule has 0 aliphatic rings. The molecule has 1 aromatic heterocycles. The second kappa shape index (κ2) is 10.9. The first-order valence-electron chi connectivity index (χ1n) is 11.4. The lowest BCUT2D eigenvalue weighted by molar-refractivity contribution is -0.145. The normalized spacial score (nSPS) is 11.6. The van der Waals surface area contributed by atoms with Gasteiger partial charge in [0.2, 0.25) is 5.43 Å². The second-order valence-corrected chi connectivity index (χ2v) is 8.33. The molecule has 1 unspecified atom stereocenters. The van der Waals surface area contributed by atoms with E-state index < -0.39 is 30.3 Å². The van der Waals surface area contributed by atoms with Crippen LogP contribution in [0.25, 0.3) is 22.1 Å². The smallest absolute Gasteiger partial charge is 0.328 e. The number of amides is 1. The summed E-state index contributed by atoms with van der Waals surface area (Å²) in [4.78, 5) is 37.7. The Morgan fingerprint density at radius 3 is 2.43 bits per heavy atom. The van der Waals surface area contributed by atoms with Crippen LogP contribution in [0, 0.1) is 12.7 Å². The summed E-state index contributed by atoms with van der Waals surface area (Å²) in [6.07, 6.45) is 0.162. The van der Waals surface area contributed by atoms with Crippen LogP contribution in [0.2, 0.25) is 0 Å². The van der Waals surface area contributed by atoms with Gasteiger partial charge in [0.15, 0.2) is 6.61 Å². The minimum absolute atomic E-state index is 0.0869. The molecule has 0 saturated carbocycles. The van der Waals surface area contributed by atoms with Gasteiger partial charge in [0.05, 0.1) is 18.1 Å². The minimum atomic E-state index is -0.951. The second-order valence-electron chi connectivity index (χ2n) is 8.33. The number of hydrogen-bond donors (Lipinski definition) is 2. The number of benzene rings is 3. The predicted octanol–water partition coefficient (Wildman–Crippen LogP) is 3.89. The van der Waals surface area contributed by atoms with Crippen LogP contribution in [-0.4, -0.2) is 36.7 Å². The Morgan fingerprint density at radius 2 is 1.76 bits per heavy atom. The molecule has 9 heteroatoms. The first kappa shape index (κ1) is 25.4. The Hall–Kier alpha value is -4.66. The number of ether oxygens (including phenoxy) is 2. The van der Waals surface area contributed by atoms with Crippen molar-refractivity contribution in [1.82, 2.24) is 5.32 Å². The third kappa shape index (κ3) is 5.95. The first-order chi connectivity index (χ1) is 17.7. The highest BCUT2D eigenvalue weighted by atomic mass is 19.1. The molecule has 8 nitrogen and oxygen atoms in total. The van der Waals surface area contributed by atoms with Crippen LogP contribution in [-0.2, 0) is 20.7 Å². The minimum Gasteiger partial charge on any atom is -0.508 e. The Morgan fingerprint density at radius 1 is 1.05 bits per heavy atom. The molecular formula is C28H24FNO7. The fourth-order valence-corrected chi connectivity index (χ4v) is 3.91. The lowest BCUT2D eigenvalue weighted by atomic mass is 10.0. The average molecular weight is 505 g/mol. The van der Waals surface area contributed by atoms with E-state index in [2.05, 4.69) is 5.32 Å². The zero-order valence-electron chi connectivity index (χ0n) is 20.1. The molecule has 4 aromatic rings. The van der Waals surface area contributed by atoms with Crippen LogP contribution in [0.3, 0.4) is 0 Å². The number of phenolic OH excluding ortho intramolecular Hbond substituents is 1. The van der Waals surface area contributed by atoms with Gasteiger partial charge in [-0.25, -0.2) is 9.18 Å². The van der Waals surface area contributed by atoms with Crippen LogP contribution in [0.1, 0.15) is 11.3 Å². The maximum Gasteiger partial charge on any atom is 0.328 e. The Balaban J connectivity index is 1.47. The van der Waals surface area contributed by atoms with Crippen molar-refractivity contribution in [2.45, 2.75) is 19.4 Å². The number of rotatable bonds is 8. The van der Waals surface area contributed by atoms with Gasteiger partial charge in [0, 0.05) is 12.5 Å². The number of halogens is 1. The number of methoxy groups -OCH3 is 1. The van der Waals surface area contributed by atoms with Crippen molar-refractivity contribution in [1.29, 1.82) is 0 Å². The molecule has 4 rings (SSSR count). The fraction of sp³-hybridized carbons (Fsp3) is 0.179. The van der Waals surface area contributed by atoms with Gasteiger partial charge in [-0.05, 0) is 54.4 Å². The molecule has 0 fully saturated rings. The SMILES string of the molecule is COC(=O)C(Cc1ccc(O)cc1)NC(=O)COc1ccc2c(=O)c(-c3ccc(F)cc3)c(C)oc2c1. The number of aromatic hydroxyl groups is 1. The van der Waals surface area contributed by atoms with E-state index in [-0.39, 0.29) is 28.9 Å². The molecule has 0 spiro atoms. The van der Waals surface area contributed by atoms with Gasteiger partial charge in [-0.1, -0.05) is 24.3 Å². The topological polar surface area (TPSA) is 115 Å². The van der Waals surface area contributed by atoms with E-state index in [0.29, 0.717) is 27.8 Å². The lowest BCUT2D eigenvalue weighted by Gasteiger charge is -2.17. The summed E-state index contributed by atoms with van der Waals surface area (Å²) in [5.41, 5.74) is 1.59. The quantitative estimate of drug-likeness (QED) is 0.349. The van der Waals surface area contributed by atoms with E-state index in [1.165, 1.54) is 61.7 Å². The van der Waals surface area contributed by atoms with Gasteiger partial charge in [-0.2, -0.15) is 0 Å². The highest BCUT2D eigenvalue weighted by Crippen LogP contribution is 2.26. The van der Waals surface area contributed by atoms with Crippen molar-refractivity contribution in [3.05, 3.63) is 94.1 Å². The van der Waals surface area contributed by atoms with E-state index >= 15 is 0 Å². The van der Waals surface area contributed by atoms with E-state index in [4.69, 9.17) is 13.9 Å². The molecule has 1 heterocycles. The standard InChI is InChI=1S/C28H24FNO7/c1-16-26(18-5-7-19(29)8-6-18)27(33)22-12-11-21(14-24(22)37-16)36-15-25(32)30-23(28(34)35-2)13-17-3-9-20(31)10-4-17/h3-12,14,23,31H,13,15H2,1-2H3,(H,30,32). The largest absolute Gasteiger partial charge is 0.508 e. The summed E-state index contributed by atoms with van der Waals surface area (Å²) in [5.74, 6) is -0.860. The van der Waals surface area contributed by atoms with Crippen molar-refractivity contribution < 1.29 is 33.0 Å². The molecule has 0 radical (unpaired) electrons. The molecule has 1 atom stereocenters. The van der Waals surface area contributed by atoms with Crippen LogP contribution in [0.5, 0.6) is 11.5 Å². The summed E-state index contributed by atoms with van der Waals surface area (Å²) in [5, 5.41) is 12.3. The van der Waals surface area contributed by atoms with Crippen molar-refractivity contribution in [2.75, 3.05) is 13.7 Å². The van der Waals surface area contributed by atoms with Gasteiger partial charge in [0.1, 0.15) is 34.7 Å². The van der Waals surface area contributed by atoms with E-state index in [9.17, 15) is 23.9 Å². The van der Waals surface area contributed by atoms with Crippen molar-refractivity contribution in [3.63, 3.8) is 0 Å². The number of phenols is 1. The maximum atomic E-state index is 13.3. The van der Waals surface area contributed by atoms with Gasteiger partial charge in [0.25, 0.3) is 5.91 Å². The summed E-state index contributed by atoms with van der Waals surface area (Å²) in [7, 11) is 1.22. The molecule has 3 aromatic carbocycles. The molecular weight excluding hydrogens is 481 g/mol. The summed E-state index contributed by atoms with van der Waals surface area (Å²) in [6.45, 7) is 1.24.